The summed E-state index contributed by atoms with van der Waals surface area (Å²) in [5, 5.41) is 9.21. The van der Waals surface area contributed by atoms with Gasteiger partial charge in [0.25, 0.3) is 0 Å². The zero-order valence-electron chi connectivity index (χ0n) is 8.15. The van der Waals surface area contributed by atoms with Gasteiger partial charge in [-0.15, -0.1) is 0 Å². The zero-order chi connectivity index (χ0) is 10.6. The van der Waals surface area contributed by atoms with E-state index in [2.05, 4.69) is 4.65 Å². The normalized spacial score (nSPS) is 10.3. The largest absolute Gasteiger partial charge is 0.540 e. The second-order valence-corrected chi connectivity index (χ2v) is 2.90. The molecule has 0 aliphatic rings. The van der Waals surface area contributed by atoms with Gasteiger partial charge in [-0.05, 0) is 23.8 Å². The van der Waals surface area contributed by atoms with E-state index in [1.54, 1.807) is 24.3 Å². The van der Waals surface area contributed by atoms with Crippen molar-refractivity contribution in [2.45, 2.75) is 0 Å². The molecule has 0 fully saturated rings. The molecule has 70 valence electrons. The molecule has 1 rings (SSSR count). The number of hydrogen-bond acceptors (Lipinski definition) is 3. The Hall–Kier alpha value is -1.64. The zero-order valence-corrected chi connectivity index (χ0v) is 8.15. The van der Waals surface area contributed by atoms with Crippen LogP contribution in [0, 0.1) is 0 Å². The third kappa shape index (κ3) is 2.69. The number of carbonyl (C=O) groups excluding carboxylic acids is 1. The number of rotatable bonds is 2. The van der Waals surface area contributed by atoms with Gasteiger partial charge in [0.15, 0.2) is 0 Å². The van der Waals surface area contributed by atoms with E-state index >= 15 is 0 Å². The van der Waals surface area contributed by atoms with Gasteiger partial charge in [0.1, 0.15) is 13.6 Å². The lowest BCUT2D eigenvalue weighted by molar-refractivity contribution is -0.128. The van der Waals surface area contributed by atoms with Gasteiger partial charge < -0.3 is 9.76 Å². The van der Waals surface area contributed by atoms with Gasteiger partial charge in [0.2, 0.25) is 0 Å². The molecule has 1 aromatic rings. The van der Waals surface area contributed by atoms with Gasteiger partial charge in [-0.1, -0.05) is 11.5 Å². The van der Waals surface area contributed by atoms with Gasteiger partial charge in [-0.3, -0.25) is 0 Å². The van der Waals surface area contributed by atoms with Crippen LogP contribution in [0.3, 0.4) is 0 Å². The lowest BCUT2D eigenvalue weighted by Crippen LogP contribution is -2.06. The molecule has 0 radical (unpaired) electrons. The molecule has 0 aliphatic carbocycles. The van der Waals surface area contributed by atoms with Crippen molar-refractivity contribution >= 4 is 33.4 Å². The molecule has 0 heterocycles. The third-order valence-electron chi connectivity index (χ3n) is 1.86. The fourth-order valence-corrected chi connectivity index (χ4v) is 1.03. The van der Waals surface area contributed by atoms with Gasteiger partial charge in [0, 0.05) is 6.08 Å². The second kappa shape index (κ2) is 4.56. The maximum Gasteiger partial charge on any atom is 0.326 e. The van der Waals surface area contributed by atoms with Crippen LogP contribution in [0.15, 0.2) is 24.3 Å². The van der Waals surface area contributed by atoms with Crippen LogP contribution >= 0.6 is 0 Å². The van der Waals surface area contributed by atoms with Gasteiger partial charge in [0.05, 0.1) is 0 Å². The van der Waals surface area contributed by atoms with E-state index in [1.807, 2.05) is 7.85 Å². The van der Waals surface area contributed by atoms with Crippen molar-refractivity contribution in [2.75, 3.05) is 0 Å². The van der Waals surface area contributed by atoms with Crippen molar-refractivity contribution in [1.82, 2.24) is 0 Å². The first kappa shape index (κ1) is 10.4. The van der Waals surface area contributed by atoms with Crippen molar-refractivity contribution in [3.8, 4) is 5.75 Å². The molecule has 0 bridgehead atoms. The quantitative estimate of drug-likeness (QED) is 0.466. The van der Waals surface area contributed by atoms with Crippen LogP contribution in [0.4, 0.5) is 0 Å². The molecule has 0 saturated carbocycles. The number of carbonyl (C=O) groups is 1. The molecule has 0 atom stereocenters. The summed E-state index contributed by atoms with van der Waals surface area (Å²) >= 11 is 0. The molecule has 0 saturated heterocycles. The van der Waals surface area contributed by atoms with Crippen LogP contribution in [0.1, 0.15) is 5.56 Å². The van der Waals surface area contributed by atoms with Gasteiger partial charge in [-0.2, -0.15) is 0 Å². The number of phenols is 1. The average Bonchev–Trinajstić information content (AvgIpc) is 2.19. The van der Waals surface area contributed by atoms with Crippen LogP contribution in [0.5, 0.6) is 5.75 Å². The Morgan fingerprint density at radius 2 is 2.21 bits per heavy atom. The SMILES string of the molecule is BOC(=O)/C=C/c1cc(O)ccc1B. The minimum absolute atomic E-state index is 0.181. The van der Waals surface area contributed by atoms with Crippen molar-refractivity contribution in [3.05, 3.63) is 29.8 Å². The van der Waals surface area contributed by atoms with Crippen LogP contribution in [0.2, 0.25) is 0 Å². The van der Waals surface area contributed by atoms with Crippen LogP contribution in [0.25, 0.3) is 6.08 Å². The summed E-state index contributed by atoms with van der Waals surface area (Å²) in [5.41, 5.74) is 1.79. The number of hydrogen-bond donors (Lipinski definition) is 1. The van der Waals surface area contributed by atoms with Gasteiger partial charge in [-0.25, -0.2) is 4.79 Å². The summed E-state index contributed by atoms with van der Waals surface area (Å²) in [7, 11) is 3.22. The third-order valence-corrected chi connectivity index (χ3v) is 1.86. The molecule has 14 heavy (non-hydrogen) atoms. The molecule has 0 spiro atoms. The number of benzene rings is 1. The van der Waals surface area contributed by atoms with Crippen molar-refractivity contribution in [2.24, 2.45) is 0 Å². The monoisotopic (exact) mass is 188 g/mol. The summed E-state index contributed by atoms with van der Waals surface area (Å²) in [4.78, 5) is 10.8. The topological polar surface area (TPSA) is 46.5 Å². The summed E-state index contributed by atoms with van der Waals surface area (Å²) < 4.78 is 4.45. The lowest BCUT2D eigenvalue weighted by Gasteiger charge is -2.00. The van der Waals surface area contributed by atoms with Crippen molar-refractivity contribution in [3.63, 3.8) is 0 Å². The van der Waals surface area contributed by atoms with E-state index in [4.69, 9.17) is 0 Å². The van der Waals surface area contributed by atoms with E-state index < -0.39 is 5.97 Å². The van der Waals surface area contributed by atoms with E-state index in [1.165, 1.54) is 14.1 Å². The highest BCUT2D eigenvalue weighted by Gasteiger charge is 1.97. The fraction of sp³-hybridized carbons (Fsp3) is 0. The van der Waals surface area contributed by atoms with Crippen LogP contribution in [-0.4, -0.2) is 27.0 Å². The standard InChI is InChI=1S/C9H10B2O3/c10-8-3-2-7(12)5-6(8)1-4-9(13)14-11/h1-5,12H,10-11H2/b4-1+. The molecule has 5 heteroatoms. The molecular weight excluding hydrogens is 178 g/mol. The Morgan fingerprint density at radius 3 is 2.86 bits per heavy atom. The Morgan fingerprint density at radius 1 is 1.50 bits per heavy atom. The minimum atomic E-state index is -0.409. The molecule has 1 aromatic carbocycles. The summed E-state index contributed by atoms with van der Waals surface area (Å²) in [5.74, 6) is -0.229. The molecule has 0 amide bonds. The maximum atomic E-state index is 10.8. The molecule has 0 unspecified atom stereocenters. The van der Waals surface area contributed by atoms with Crippen molar-refractivity contribution in [1.29, 1.82) is 0 Å². The predicted molar refractivity (Wildman–Crippen MR) is 60.0 cm³/mol. The highest BCUT2D eigenvalue weighted by molar-refractivity contribution is 6.34. The Balaban J connectivity index is 2.90. The predicted octanol–water partition coefficient (Wildman–Crippen LogP) is -1.24. The Labute approximate surface area is 84.2 Å². The molecule has 1 N–H and O–H groups in total. The first-order valence-corrected chi connectivity index (χ1v) is 4.19. The molecule has 3 nitrogen and oxygen atoms in total. The van der Waals surface area contributed by atoms with Crippen LogP contribution in [-0.2, 0) is 9.45 Å². The second-order valence-electron chi connectivity index (χ2n) is 2.90. The van der Waals surface area contributed by atoms with Gasteiger partial charge >= 0.3 is 14.0 Å². The Kier molecular flexibility index (Phi) is 3.40. The summed E-state index contributed by atoms with van der Waals surface area (Å²) in [6.07, 6.45) is 2.93. The van der Waals surface area contributed by atoms with E-state index in [-0.39, 0.29) is 5.75 Å². The van der Waals surface area contributed by atoms with Crippen LogP contribution < -0.4 is 5.46 Å². The smallest absolute Gasteiger partial charge is 0.326 e. The minimum Gasteiger partial charge on any atom is -0.540 e. The maximum absolute atomic E-state index is 10.8. The highest BCUT2D eigenvalue weighted by Crippen LogP contribution is 2.09. The fourth-order valence-electron chi connectivity index (χ4n) is 1.03. The first-order chi connectivity index (χ1) is 6.63. The van der Waals surface area contributed by atoms with E-state index in [0.29, 0.717) is 0 Å². The summed E-state index contributed by atoms with van der Waals surface area (Å²) in [6.45, 7) is 0. The molecular formula is C9H10B2O3. The first-order valence-electron chi connectivity index (χ1n) is 4.19. The van der Waals surface area contributed by atoms with E-state index in [0.717, 1.165) is 11.0 Å². The van der Waals surface area contributed by atoms with Crippen molar-refractivity contribution < 1.29 is 14.6 Å². The Bertz CT molecular complexity index is 374. The number of phenolic OH excluding ortho intramolecular Hbond substituents is 1. The van der Waals surface area contributed by atoms with E-state index in [9.17, 15) is 9.90 Å². The molecule has 0 aromatic heterocycles. The molecule has 0 aliphatic heterocycles. The summed E-state index contributed by atoms with van der Waals surface area (Å²) in [6, 6.07) is 4.98. The number of aromatic hydroxyl groups is 1. The highest BCUT2D eigenvalue weighted by atomic mass is 16.5. The lowest BCUT2D eigenvalue weighted by atomic mass is 9.90. The average molecular weight is 188 g/mol.